The highest BCUT2D eigenvalue weighted by molar-refractivity contribution is 6.31. The minimum absolute atomic E-state index is 0.570. The number of aromatic nitrogens is 2. The molecule has 2 heterocycles. The van der Waals surface area contributed by atoms with E-state index < -0.39 is 0 Å². The molecule has 6 heteroatoms. The summed E-state index contributed by atoms with van der Waals surface area (Å²) in [6.07, 6.45) is 0. The zero-order chi connectivity index (χ0) is 18.5. The van der Waals surface area contributed by atoms with E-state index in [2.05, 4.69) is 22.3 Å². The molecular weight excluding hydrogens is 360 g/mol. The van der Waals surface area contributed by atoms with E-state index in [1.54, 1.807) is 0 Å². The van der Waals surface area contributed by atoms with E-state index in [0.717, 1.165) is 40.8 Å². The van der Waals surface area contributed by atoms with Crippen LogP contribution in [0.25, 0.3) is 11.3 Å². The van der Waals surface area contributed by atoms with Crippen LogP contribution < -0.4 is 10.2 Å². The summed E-state index contributed by atoms with van der Waals surface area (Å²) in [4.78, 5) is 11.7. The maximum atomic E-state index is 6.27. The fourth-order valence-electron chi connectivity index (χ4n) is 3.04. The summed E-state index contributed by atoms with van der Waals surface area (Å²) < 4.78 is 5.47. The van der Waals surface area contributed by atoms with Crippen LogP contribution in [0.1, 0.15) is 5.56 Å². The van der Waals surface area contributed by atoms with Gasteiger partial charge in [0.05, 0.1) is 18.9 Å². The molecule has 0 bridgehead atoms. The average Bonchev–Trinajstić information content (AvgIpc) is 2.74. The lowest BCUT2D eigenvalue weighted by atomic mass is 10.1. The molecule has 1 N–H and O–H groups in total. The second-order valence-electron chi connectivity index (χ2n) is 6.35. The first-order valence-electron chi connectivity index (χ1n) is 9.04. The number of hydrogen-bond acceptors (Lipinski definition) is 5. The van der Waals surface area contributed by atoms with Crippen LogP contribution in [-0.2, 0) is 11.3 Å². The predicted octanol–water partition coefficient (Wildman–Crippen LogP) is 4.25. The Bertz CT molecular complexity index is 898. The molecular formula is C21H21ClN4O. The molecule has 3 aromatic rings. The van der Waals surface area contributed by atoms with Crippen molar-refractivity contribution in [2.75, 3.05) is 36.5 Å². The third kappa shape index (κ3) is 4.38. The van der Waals surface area contributed by atoms with Gasteiger partial charge < -0.3 is 15.0 Å². The summed E-state index contributed by atoms with van der Waals surface area (Å²) in [5.41, 5.74) is 2.98. The molecule has 1 aliphatic rings. The minimum atomic E-state index is 0.570. The smallest absolute Gasteiger partial charge is 0.225 e. The number of hydrogen-bond donors (Lipinski definition) is 1. The van der Waals surface area contributed by atoms with Gasteiger partial charge in [0, 0.05) is 36.3 Å². The summed E-state index contributed by atoms with van der Waals surface area (Å²) in [5.74, 6) is 1.51. The Morgan fingerprint density at radius 3 is 2.48 bits per heavy atom. The summed E-state index contributed by atoms with van der Waals surface area (Å²) in [6, 6.07) is 20.0. The second kappa shape index (κ2) is 8.37. The van der Waals surface area contributed by atoms with Crippen molar-refractivity contribution in [3.8, 4) is 11.3 Å². The molecule has 0 amide bonds. The lowest BCUT2D eigenvalue weighted by Gasteiger charge is -2.28. The lowest BCUT2D eigenvalue weighted by molar-refractivity contribution is 0.122. The van der Waals surface area contributed by atoms with Crippen LogP contribution in [0, 0.1) is 0 Å². The molecule has 0 atom stereocenters. The van der Waals surface area contributed by atoms with Crippen molar-refractivity contribution >= 4 is 23.4 Å². The lowest BCUT2D eigenvalue weighted by Crippen LogP contribution is -2.36. The molecule has 27 heavy (non-hydrogen) atoms. The van der Waals surface area contributed by atoms with E-state index in [0.29, 0.717) is 25.7 Å². The highest BCUT2D eigenvalue weighted by Gasteiger charge is 2.15. The summed E-state index contributed by atoms with van der Waals surface area (Å²) in [7, 11) is 0. The maximum absolute atomic E-state index is 6.27. The molecule has 138 valence electrons. The van der Waals surface area contributed by atoms with Crippen LogP contribution >= 0.6 is 11.6 Å². The van der Waals surface area contributed by atoms with Gasteiger partial charge >= 0.3 is 0 Å². The standard InChI is InChI=1S/C21H21ClN4O/c22-18-9-5-4-8-17(18)15-23-21-24-19(16-6-2-1-3-7-16)14-20(25-21)26-10-12-27-13-11-26/h1-9,14H,10-13,15H2,(H,23,24,25). The highest BCUT2D eigenvalue weighted by Crippen LogP contribution is 2.24. The van der Waals surface area contributed by atoms with Crippen molar-refractivity contribution < 1.29 is 4.74 Å². The van der Waals surface area contributed by atoms with Gasteiger partial charge in [-0.2, -0.15) is 4.98 Å². The van der Waals surface area contributed by atoms with Gasteiger partial charge in [0.1, 0.15) is 5.82 Å². The molecule has 5 nitrogen and oxygen atoms in total. The van der Waals surface area contributed by atoms with Crippen molar-refractivity contribution in [1.29, 1.82) is 0 Å². The van der Waals surface area contributed by atoms with E-state index in [9.17, 15) is 0 Å². The van der Waals surface area contributed by atoms with Gasteiger partial charge in [-0.3, -0.25) is 0 Å². The highest BCUT2D eigenvalue weighted by atomic mass is 35.5. The number of rotatable bonds is 5. The van der Waals surface area contributed by atoms with Crippen molar-refractivity contribution in [3.63, 3.8) is 0 Å². The number of nitrogens with zero attached hydrogens (tertiary/aromatic N) is 3. The van der Waals surface area contributed by atoms with E-state index in [-0.39, 0.29) is 0 Å². The molecule has 0 unspecified atom stereocenters. The van der Waals surface area contributed by atoms with Gasteiger partial charge in [-0.05, 0) is 11.6 Å². The number of nitrogens with one attached hydrogen (secondary N) is 1. The Balaban J connectivity index is 1.64. The molecule has 2 aromatic carbocycles. The largest absolute Gasteiger partial charge is 0.378 e. The van der Waals surface area contributed by atoms with Gasteiger partial charge in [-0.25, -0.2) is 4.98 Å². The van der Waals surface area contributed by atoms with Crippen molar-refractivity contribution in [2.24, 2.45) is 0 Å². The van der Waals surface area contributed by atoms with Crippen LogP contribution in [0.2, 0.25) is 5.02 Å². The van der Waals surface area contributed by atoms with Crippen LogP contribution in [0.3, 0.4) is 0 Å². The second-order valence-corrected chi connectivity index (χ2v) is 6.75. The number of benzene rings is 2. The van der Waals surface area contributed by atoms with Crippen LogP contribution in [0.4, 0.5) is 11.8 Å². The number of anilines is 2. The fourth-order valence-corrected chi connectivity index (χ4v) is 3.24. The quantitative estimate of drug-likeness (QED) is 0.717. The first-order valence-corrected chi connectivity index (χ1v) is 9.42. The van der Waals surface area contributed by atoms with E-state index >= 15 is 0 Å². The maximum Gasteiger partial charge on any atom is 0.225 e. The molecule has 4 rings (SSSR count). The van der Waals surface area contributed by atoms with Crippen LogP contribution in [-0.4, -0.2) is 36.3 Å². The predicted molar refractivity (Wildman–Crippen MR) is 109 cm³/mol. The zero-order valence-corrected chi connectivity index (χ0v) is 15.7. The molecule has 0 spiro atoms. The van der Waals surface area contributed by atoms with E-state index in [4.69, 9.17) is 26.3 Å². The molecule has 1 aromatic heterocycles. The Hall–Kier alpha value is -2.63. The Morgan fingerprint density at radius 1 is 0.963 bits per heavy atom. The molecule has 1 saturated heterocycles. The fraction of sp³-hybridized carbons (Fsp3) is 0.238. The average molecular weight is 381 g/mol. The number of morpholine rings is 1. The van der Waals surface area contributed by atoms with Crippen LogP contribution in [0.5, 0.6) is 0 Å². The van der Waals surface area contributed by atoms with Crippen molar-refractivity contribution in [2.45, 2.75) is 6.54 Å². The SMILES string of the molecule is Clc1ccccc1CNc1nc(-c2ccccc2)cc(N2CCOCC2)n1. The normalized spacial score (nSPS) is 14.2. The summed E-state index contributed by atoms with van der Waals surface area (Å²) >= 11 is 6.27. The van der Waals surface area contributed by atoms with Gasteiger partial charge in [0.25, 0.3) is 0 Å². The third-order valence-corrected chi connectivity index (χ3v) is 4.88. The monoisotopic (exact) mass is 380 g/mol. The first-order chi connectivity index (χ1) is 13.3. The van der Waals surface area contributed by atoms with Crippen molar-refractivity contribution in [1.82, 2.24) is 9.97 Å². The Labute approximate surface area is 164 Å². The molecule has 0 saturated carbocycles. The molecule has 0 radical (unpaired) electrons. The Kier molecular flexibility index (Phi) is 5.51. The van der Waals surface area contributed by atoms with Gasteiger partial charge in [0.15, 0.2) is 0 Å². The minimum Gasteiger partial charge on any atom is -0.378 e. The topological polar surface area (TPSA) is 50.3 Å². The summed E-state index contributed by atoms with van der Waals surface area (Å²) in [5, 5.41) is 4.06. The summed E-state index contributed by atoms with van der Waals surface area (Å²) in [6.45, 7) is 3.66. The van der Waals surface area contributed by atoms with Gasteiger partial charge in [-0.15, -0.1) is 0 Å². The first kappa shape index (κ1) is 17.8. The Morgan fingerprint density at radius 2 is 1.70 bits per heavy atom. The van der Waals surface area contributed by atoms with E-state index in [1.165, 1.54) is 0 Å². The zero-order valence-electron chi connectivity index (χ0n) is 14.9. The number of ether oxygens (including phenoxy) is 1. The van der Waals surface area contributed by atoms with E-state index in [1.807, 2.05) is 48.5 Å². The molecule has 0 aliphatic carbocycles. The molecule has 1 fully saturated rings. The third-order valence-electron chi connectivity index (χ3n) is 4.51. The number of halogens is 1. The van der Waals surface area contributed by atoms with Crippen LogP contribution in [0.15, 0.2) is 60.7 Å². The van der Waals surface area contributed by atoms with Gasteiger partial charge in [0.2, 0.25) is 5.95 Å². The van der Waals surface area contributed by atoms with Gasteiger partial charge in [-0.1, -0.05) is 60.1 Å². The van der Waals surface area contributed by atoms with Crippen molar-refractivity contribution in [3.05, 3.63) is 71.2 Å². The molecule has 1 aliphatic heterocycles.